The molecule has 0 amide bonds. The van der Waals surface area contributed by atoms with Gasteiger partial charge in [-0.2, -0.15) is 9.61 Å². The third-order valence-electron chi connectivity index (χ3n) is 2.58. The van der Waals surface area contributed by atoms with Gasteiger partial charge in [0.2, 0.25) is 4.96 Å². The second kappa shape index (κ2) is 3.95. The van der Waals surface area contributed by atoms with E-state index in [1.807, 2.05) is 6.92 Å². The number of phenolic OH excluding ortho intramolecular Hbond substituents is 2. The molecule has 2 heterocycles. The largest absolute Gasteiger partial charge is 0.508 e. The van der Waals surface area contributed by atoms with Crippen LogP contribution >= 0.6 is 11.3 Å². The highest BCUT2D eigenvalue weighted by Gasteiger charge is 2.14. The summed E-state index contributed by atoms with van der Waals surface area (Å²) < 4.78 is 1.67. The van der Waals surface area contributed by atoms with Crippen molar-refractivity contribution in [1.29, 1.82) is 0 Å². The Morgan fingerprint density at radius 1 is 1.28 bits per heavy atom. The normalized spacial score (nSPS) is 11.2. The van der Waals surface area contributed by atoms with Gasteiger partial charge >= 0.3 is 0 Å². The second-order valence-electron chi connectivity index (χ2n) is 3.77. The fraction of sp³-hybridized carbons (Fsp3) is 0.182. The minimum absolute atomic E-state index is 0.00184. The average Bonchev–Trinajstić information content (AvgIpc) is 2.88. The van der Waals surface area contributed by atoms with Gasteiger partial charge in [0.1, 0.15) is 11.5 Å². The summed E-state index contributed by atoms with van der Waals surface area (Å²) in [5.74, 6) is 0.803. The van der Waals surface area contributed by atoms with Crippen molar-refractivity contribution in [3.05, 3.63) is 24.0 Å². The van der Waals surface area contributed by atoms with Crippen LogP contribution in [0.4, 0.5) is 0 Å². The fourth-order valence-corrected chi connectivity index (χ4v) is 2.58. The first-order valence-corrected chi connectivity index (χ1v) is 6.24. The predicted molar refractivity (Wildman–Crippen MR) is 66.8 cm³/mol. The number of aromatic hydroxyl groups is 2. The van der Waals surface area contributed by atoms with Crippen LogP contribution < -0.4 is 0 Å². The molecule has 0 saturated carbocycles. The molecule has 2 aromatic heterocycles. The summed E-state index contributed by atoms with van der Waals surface area (Å²) >= 11 is 1.34. The summed E-state index contributed by atoms with van der Waals surface area (Å²) in [7, 11) is 0. The zero-order valence-electron chi connectivity index (χ0n) is 9.53. The van der Waals surface area contributed by atoms with Crippen LogP contribution in [0.25, 0.3) is 15.5 Å². The van der Waals surface area contributed by atoms with Crippen LogP contribution in [-0.2, 0) is 6.42 Å². The first kappa shape index (κ1) is 11.0. The Bertz CT molecular complexity index is 719. The van der Waals surface area contributed by atoms with Crippen LogP contribution in [0.15, 0.2) is 18.2 Å². The molecule has 0 radical (unpaired) electrons. The highest BCUT2D eigenvalue weighted by Crippen LogP contribution is 2.34. The third kappa shape index (κ3) is 1.60. The van der Waals surface area contributed by atoms with Crippen LogP contribution in [0.1, 0.15) is 12.7 Å². The van der Waals surface area contributed by atoms with Crippen molar-refractivity contribution < 1.29 is 10.2 Å². The van der Waals surface area contributed by atoms with E-state index in [1.54, 1.807) is 10.6 Å². The molecular formula is C11H10N4O2S. The summed E-state index contributed by atoms with van der Waals surface area (Å²) in [6, 6.07) is 4.43. The van der Waals surface area contributed by atoms with Crippen LogP contribution in [0.3, 0.4) is 0 Å². The molecule has 0 spiro atoms. The third-order valence-corrected chi connectivity index (χ3v) is 3.52. The number of hydrogen-bond acceptors (Lipinski definition) is 6. The number of aromatic nitrogens is 4. The summed E-state index contributed by atoms with van der Waals surface area (Å²) in [5, 5.41) is 32.1. The minimum Gasteiger partial charge on any atom is -0.508 e. The van der Waals surface area contributed by atoms with Crippen LogP contribution in [0.2, 0.25) is 0 Å². The van der Waals surface area contributed by atoms with E-state index in [0.29, 0.717) is 15.5 Å². The number of benzene rings is 1. The minimum atomic E-state index is -0.00184. The molecule has 1 aromatic carbocycles. The van der Waals surface area contributed by atoms with E-state index < -0.39 is 0 Å². The van der Waals surface area contributed by atoms with Gasteiger partial charge in [-0.1, -0.05) is 18.3 Å². The zero-order chi connectivity index (χ0) is 12.7. The molecule has 0 fully saturated rings. The van der Waals surface area contributed by atoms with Gasteiger partial charge in [0, 0.05) is 12.5 Å². The molecule has 3 aromatic rings. The lowest BCUT2D eigenvalue weighted by Crippen LogP contribution is -1.93. The fourth-order valence-electron chi connectivity index (χ4n) is 1.69. The van der Waals surface area contributed by atoms with E-state index in [9.17, 15) is 10.2 Å². The zero-order valence-corrected chi connectivity index (χ0v) is 10.3. The molecule has 0 atom stereocenters. The van der Waals surface area contributed by atoms with Crippen molar-refractivity contribution in [3.8, 4) is 22.1 Å². The molecular weight excluding hydrogens is 252 g/mol. The van der Waals surface area contributed by atoms with E-state index in [0.717, 1.165) is 12.2 Å². The van der Waals surface area contributed by atoms with Crippen molar-refractivity contribution in [1.82, 2.24) is 19.8 Å². The van der Waals surface area contributed by atoms with Gasteiger partial charge in [0.25, 0.3) is 0 Å². The number of fused-ring (bicyclic) bond motifs is 1. The maximum absolute atomic E-state index is 9.80. The van der Waals surface area contributed by atoms with Crippen LogP contribution in [0.5, 0.6) is 11.5 Å². The molecule has 0 aliphatic carbocycles. The number of hydrogen-bond donors (Lipinski definition) is 2. The molecule has 0 aliphatic heterocycles. The summed E-state index contributed by atoms with van der Waals surface area (Å²) in [4.78, 5) is 0.689. The topological polar surface area (TPSA) is 83.5 Å². The van der Waals surface area contributed by atoms with Gasteiger partial charge in [-0.15, -0.1) is 10.2 Å². The summed E-state index contributed by atoms with van der Waals surface area (Å²) in [6.45, 7) is 1.98. The maximum Gasteiger partial charge on any atom is 0.234 e. The van der Waals surface area contributed by atoms with E-state index in [-0.39, 0.29) is 11.5 Å². The standard InChI is InChI=1S/C11H10N4O2S/c1-2-9-12-13-11-15(9)14-10(18-11)7-4-3-6(16)5-8(7)17/h3-5,16-17H,2H2,1H3. The lowest BCUT2D eigenvalue weighted by molar-refractivity contribution is 0.452. The molecule has 18 heavy (non-hydrogen) atoms. The SMILES string of the molecule is CCc1nnc2sc(-c3ccc(O)cc3O)nn12. The molecule has 0 saturated heterocycles. The van der Waals surface area contributed by atoms with Gasteiger partial charge in [0.05, 0.1) is 5.56 Å². The van der Waals surface area contributed by atoms with Crippen molar-refractivity contribution in [2.45, 2.75) is 13.3 Å². The number of rotatable bonds is 2. The van der Waals surface area contributed by atoms with Crippen molar-refractivity contribution in [3.63, 3.8) is 0 Å². The Labute approximate surface area is 106 Å². The highest BCUT2D eigenvalue weighted by molar-refractivity contribution is 7.19. The lowest BCUT2D eigenvalue weighted by Gasteiger charge is -2.00. The molecule has 7 heteroatoms. The second-order valence-corrected chi connectivity index (χ2v) is 4.73. The first-order valence-electron chi connectivity index (χ1n) is 5.42. The maximum atomic E-state index is 9.80. The van der Waals surface area contributed by atoms with E-state index in [1.165, 1.54) is 23.5 Å². The monoisotopic (exact) mass is 262 g/mol. The predicted octanol–water partition coefficient (Wildman–Crippen LogP) is 1.83. The molecule has 6 nitrogen and oxygen atoms in total. The Kier molecular flexibility index (Phi) is 2.41. The Morgan fingerprint density at radius 3 is 2.83 bits per heavy atom. The molecule has 0 bridgehead atoms. The lowest BCUT2D eigenvalue weighted by atomic mass is 10.2. The van der Waals surface area contributed by atoms with Crippen LogP contribution in [0, 0.1) is 0 Å². The Balaban J connectivity index is 2.16. The van der Waals surface area contributed by atoms with Gasteiger partial charge in [-0.25, -0.2) is 0 Å². The number of nitrogens with zero attached hydrogens (tertiary/aromatic N) is 4. The number of phenols is 2. The van der Waals surface area contributed by atoms with Gasteiger partial charge in [0.15, 0.2) is 10.8 Å². The van der Waals surface area contributed by atoms with E-state index in [4.69, 9.17) is 0 Å². The van der Waals surface area contributed by atoms with Gasteiger partial charge in [-0.05, 0) is 12.1 Å². The average molecular weight is 262 g/mol. The number of aryl methyl sites for hydroxylation is 1. The van der Waals surface area contributed by atoms with E-state index >= 15 is 0 Å². The van der Waals surface area contributed by atoms with Crippen molar-refractivity contribution in [2.75, 3.05) is 0 Å². The Hall–Kier alpha value is -2.15. The van der Waals surface area contributed by atoms with Crippen LogP contribution in [-0.4, -0.2) is 30.0 Å². The molecule has 92 valence electrons. The molecule has 0 aliphatic rings. The van der Waals surface area contributed by atoms with Crippen molar-refractivity contribution >= 4 is 16.3 Å². The first-order chi connectivity index (χ1) is 8.69. The van der Waals surface area contributed by atoms with Crippen molar-refractivity contribution in [2.24, 2.45) is 0 Å². The molecule has 2 N–H and O–H groups in total. The van der Waals surface area contributed by atoms with Gasteiger partial charge in [-0.3, -0.25) is 0 Å². The van der Waals surface area contributed by atoms with Gasteiger partial charge < -0.3 is 10.2 Å². The Morgan fingerprint density at radius 2 is 2.11 bits per heavy atom. The quantitative estimate of drug-likeness (QED) is 0.736. The highest BCUT2D eigenvalue weighted by atomic mass is 32.1. The smallest absolute Gasteiger partial charge is 0.234 e. The molecule has 3 rings (SSSR count). The summed E-state index contributed by atoms with van der Waals surface area (Å²) in [6.07, 6.45) is 0.742. The molecule has 0 unspecified atom stereocenters. The van der Waals surface area contributed by atoms with E-state index in [2.05, 4.69) is 15.3 Å². The summed E-state index contributed by atoms with van der Waals surface area (Å²) in [5.41, 5.74) is 0.574.